The summed E-state index contributed by atoms with van der Waals surface area (Å²) < 4.78 is 0. The standard InChI is InChI=1S/C115H94/c1-63-49-69(37-41-73(63)71-39-47-83-81-45-35-67(53-97(81)111(7,8)99(83)55-71)65-33-43-79-77-27-21-23-31-93(77)109(3,4)95(79)51-65)87-57-105-107(85-29-19-17-25-75(85)87)91-61-101-89(59-103(91)114(105,13)14)90-60-104-92(62-102(90)113(101,11)12)108-86-30-20-18-26-76(86)88(58-106(108)115(104,15)16)70-38-42-74(64(2)50-70)72-40-48-84-82-46-36-68(54-98(82)112(9,10)100(84)56-72)66-34-44-80-78-28-22-24-32-94(78)110(5,6)96(80)52-66/h17-62H,1-16H3. The van der Waals surface area contributed by atoms with Crippen LogP contribution >= 0.6 is 0 Å². The molecule has 0 heteroatoms. The van der Waals surface area contributed by atoms with Crippen LogP contribution in [0.1, 0.15) is 186 Å². The second-order valence-electron chi connectivity index (χ2n) is 38.8. The van der Waals surface area contributed by atoms with E-state index in [9.17, 15) is 0 Å². The van der Waals surface area contributed by atoms with Crippen molar-refractivity contribution < 1.29 is 0 Å². The zero-order chi connectivity index (χ0) is 78.6. The van der Waals surface area contributed by atoms with E-state index in [0.29, 0.717) is 0 Å². The molecule has 7 aliphatic carbocycles. The van der Waals surface area contributed by atoms with Crippen molar-refractivity contribution in [1.82, 2.24) is 0 Å². The maximum atomic E-state index is 2.63. The molecule has 0 aromatic heterocycles. The lowest BCUT2D eigenvalue weighted by molar-refractivity contribution is 0.649. The lowest BCUT2D eigenvalue weighted by Gasteiger charge is -2.25. The van der Waals surface area contributed by atoms with Crippen LogP contribution in [0.15, 0.2) is 279 Å². The van der Waals surface area contributed by atoms with Crippen LogP contribution in [-0.4, -0.2) is 0 Å². The largest absolute Gasteiger partial charge is 0.0619 e. The van der Waals surface area contributed by atoms with Crippen molar-refractivity contribution in [3.8, 4) is 145 Å². The summed E-state index contributed by atoms with van der Waals surface area (Å²) >= 11 is 0. The molecule has 0 amide bonds. The van der Waals surface area contributed by atoms with Crippen LogP contribution in [0.2, 0.25) is 0 Å². The Labute approximate surface area is 678 Å². The highest BCUT2D eigenvalue weighted by Gasteiger charge is 2.48. The van der Waals surface area contributed by atoms with E-state index >= 15 is 0 Å². The topological polar surface area (TPSA) is 0 Å². The van der Waals surface area contributed by atoms with Crippen molar-refractivity contribution in [3.05, 3.63) is 368 Å². The van der Waals surface area contributed by atoms with Gasteiger partial charge in [0.2, 0.25) is 0 Å². The van der Waals surface area contributed by atoms with E-state index in [0.717, 1.165) is 0 Å². The highest BCUT2D eigenvalue weighted by Crippen LogP contribution is 2.64. The van der Waals surface area contributed by atoms with Crippen LogP contribution in [0.5, 0.6) is 0 Å². The van der Waals surface area contributed by atoms with Crippen LogP contribution in [0.3, 0.4) is 0 Å². The first kappa shape index (κ1) is 68.6. The fourth-order valence-corrected chi connectivity index (χ4v) is 23.6. The van der Waals surface area contributed by atoms with Crippen molar-refractivity contribution in [1.29, 1.82) is 0 Å². The Bertz CT molecular complexity index is 6750. The van der Waals surface area contributed by atoms with Crippen LogP contribution in [0.4, 0.5) is 0 Å². The fraction of sp³-hybridized carbons (Fsp3) is 0.200. The van der Waals surface area contributed by atoms with Crippen molar-refractivity contribution in [2.75, 3.05) is 0 Å². The molecule has 7 aliphatic rings. The van der Waals surface area contributed by atoms with E-state index in [-0.39, 0.29) is 37.9 Å². The van der Waals surface area contributed by atoms with Gasteiger partial charge in [0.1, 0.15) is 0 Å². The average Bonchev–Trinajstić information content (AvgIpc) is 1.52. The van der Waals surface area contributed by atoms with Gasteiger partial charge in [-0.25, -0.2) is 0 Å². The molecule has 0 nitrogen and oxygen atoms in total. The van der Waals surface area contributed by atoms with E-state index < -0.39 is 0 Å². The van der Waals surface area contributed by atoms with Crippen molar-refractivity contribution >= 4 is 21.5 Å². The third-order valence-electron chi connectivity index (χ3n) is 30.2. The normalized spacial score (nSPS) is 16.7. The summed E-state index contributed by atoms with van der Waals surface area (Å²) in [6.07, 6.45) is 0. The number of benzene rings is 16. The smallest absolute Gasteiger partial charge is 0.0159 e. The second kappa shape index (κ2) is 22.7. The average molecular weight is 1480 g/mol. The van der Waals surface area contributed by atoms with E-state index in [1.54, 1.807) is 0 Å². The quantitative estimate of drug-likeness (QED) is 0.156. The van der Waals surface area contributed by atoms with Crippen LogP contribution in [-0.2, 0) is 37.9 Å². The summed E-state index contributed by atoms with van der Waals surface area (Å²) in [5.41, 5.74) is 55.6. The maximum absolute atomic E-state index is 2.63. The summed E-state index contributed by atoms with van der Waals surface area (Å²) in [5.74, 6) is 0. The predicted molar refractivity (Wildman–Crippen MR) is 486 cm³/mol. The van der Waals surface area contributed by atoms with Gasteiger partial charge < -0.3 is 0 Å². The molecule has 554 valence electrons. The third kappa shape index (κ3) is 9.04. The SMILES string of the molecule is Cc1cc(-c2cc3c(c4ccccc24)-c2cc4c(cc2C3(C)C)-c2cc3c(cc2C4(C)C)-c2c(cc(-c4ccc(-c5ccc6c(c5)C(C)(C)c5cc(-c7ccc8c(c7)C(C)(C)c7ccccc7-8)ccc5-6)c(C)c4)c4ccccc24)C3(C)C)ccc1-c1ccc2c(c1)C(C)(C)c1cc(-c3ccc4c(c3)C(C)(C)c3ccccc3-4)ccc1-2. The molecular formula is C115H94. The molecule has 0 spiro atoms. The van der Waals surface area contributed by atoms with Crippen molar-refractivity contribution in [2.24, 2.45) is 0 Å². The summed E-state index contributed by atoms with van der Waals surface area (Å²) in [5, 5.41) is 5.25. The van der Waals surface area contributed by atoms with Gasteiger partial charge in [0.15, 0.2) is 0 Å². The van der Waals surface area contributed by atoms with Gasteiger partial charge in [-0.05, 0) is 342 Å². The zero-order valence-electron chi connectivity index (χ0n) is 69.1. The van der Waals surface area contributed by atoms with E-state index in [1.807, 2.05) is 0 Å². The Balaban J connectivity index is 0.542. The highest BCUT2D eigenvalue weighted by molar-refractivity contribution is 6.12. The molecule has 0 radical (unpaired) electrons. The maximum Gasteiger partial charge on any atom is 0.0159 e. The molecule has 0 saturated heterocycles. The first-order chi connectivity index (χ1) is 55.1. The fourth-order valence-electron chi connectivity index (χ4n) is 23.6. The lowest BCUT2D eigenvalue weighted by atomic mass is 9.78. The van der Waals surface area contributed by atoms with Crippen LogP contribution in [0.25, 0.3) is 166 Å². The van der Waals surface area contributed by atoms with Gasteiger partial charge >= 0.3 is 0 Å². The van der Waals surface area contributed by atoms with Crippen LogP contribution in [0, 0.1) is 13.8 Å². The zero-order valence-corrected chi connectivity index (χ0v) is 69.1. The number of aryl methyl sites for hydroxylation is 2. The number of fused-ring (bicyclic) bond motifs is 25. The predicted octanol–water partition coefficient (Wildman–Crippen LogP) is 30.8. The Hall–Kier alpha value is -12.0. The molecular weight excluding hydrogens is 1380 g/mol. The van der Waals surface area contributed by atoms with Gasteiger partial charge in [-0.2, -0.15) is 0 Å². The molecule has 0 heterocycles. The van der Waals surface area contributed by atoms with E-state index in [1.165, 1.54) is 255 Å². The number of rotatable bonds is 6. The molecule has 0 unspecified atom stereocenters. The summed E-state index contributed by atoms with van der Waals surface area (Å²) in [4.78, 5) is 0. The van der Waals surface area contributed by atoms with E-state index in [4.69, 9.17) is 0 Å². The van der Waals surface area contributed by atoms with E-state index in [2.05, 4.69) is 390 Å². The molecule has 0 atom stereocenters. The summed E-state index contributed by atoms with van der Waals surface area (Å²) in [7, 11) is 0. The Morgan fingerprint density at radius 1 is 0.139 bits per heavy atom. The van der Waals surface area contributed by atoms with Crippen molar-refractivity contribution in [3.63, 3.8) is 0 Å². The minimum absolute atomic E-state index is 0.0449. The number of hydrogen-bond acceptors (Lipinski definition) is 0. The van der Waals surface area contributed by atoms with Crippen molar-refractivity contribution in [2.45, 2.75) is 149 Å². The van der Waals surface area contributed by atoms with Gasteiger partial charge in [0.05, 0.1) is 0 Å². The van der Waals surface area contributed by atoms with Gasteiger partial charge in [-0.3, -0.25) is 0 Å². The van der Waals surface area contributed by atoms with Gasteiger partial charge in [0.25, 0.3) is 0 Å². The monoisotopic (exact) mass is 1470 g/mol. The second-order valence-corrected chi connectivity index (χ2v) is 38.8. The Morgan fingerprint density at radius 3 is 0.670 bits per heavy atom. The van der Waals surface area contributed by atoms with Gasteiger partial charge in [-0.15, -0.1) is 0 Å². The molecule has 0 fully saturated rings. The molecule has 115 heavy (non-hydrogen) atoms. The Morgan fingerprint density at radius 2 is 0.348 bits per heavy atom. The number of hydrogen-bond donors (Lipinski definition) is 0. The van der Waals surface area contributed by atoms with Crippen LogP contribution < -0.4 is 0 Å². The molecule has 16 aromatic carbocycles. The molecule has 0 N–H and O–H groups in total. The minimum Gasteiger partial charge on any atom is -0.0619 e. The lowest BCUT2D eigenvalue weighted by Crippen LogP contribution is -2.17. The molecule has 0 aliphatic heterocycles. The Kier molecular flexibility index (Phi) is 13.6. The summed E-state index contributed by atoms with van der Waals surface area (Å²) in [6, 6.07) is 110. The van der Waals surface area contributed by atoms with Gasteiger partial charge in [-0.1, -0.05) is 303 Å². The first-order valence-corrected chi connectivity index (χ1v) is 41.9. The molecule has 16 aromatic rings. The third-order valence-corrected chi connectivity index (χ3v) is 30.2. The minimum atomic E-state index is -0.259. The summed E-state index contributed by atoms with van der Waals surface area (Å²) in [6.45, 7) is 38.8. The van der Waals surface area contributed by atoms with Gasteiger partial charge in [0, 0.05) is 37.9 Å². The molecule has 0 saturated carbocycles. The molecule has 0 bridgehead atoms. The highest BCUT2D eigenvalue weighted by atomic mass is 14.5. The molecule has 23 rings (SSSR count). The first-order valence-electron chi connectivity index (χ1n) is 41.9.